The summed E-state index contributed by atoms with van der Waals surface area (Å²) < 4.78 is 16.2. The van der Waals surface area contributed by atoms with Gasteiger partial charge in [0.1, 0.15) is 22.7 Å². The van der Waals surface area contributed by atoms with Crippen molar-refractivity contribution in [1.29, 1.82) is 0 Å². The summed E-state index contributed by atoms with van der Waals surface area (Å²) in [5.74, 6) is 0.250. The summed E-state index contributed by atoms with van der Waals surface area (Å²) in [6.07, 6.45) is 0. The molecule has 124 valence electrons. The quantitative estimate of drug-likeness (QED) is 0.873. The van der Waals surface area contributed by atoms with Gasteiger partial charge >= 0.3 is 5.97 Å². The highest BCUT2D eigenvalue weighted by Gasteiger charge is 2.25. The Morgan fingerprint density at radius 2 is 2.09 bits per heavy atom. The molecule has 1 aromatic heterocycles. The minimum Gasteiger partial charge on any atom is -0.508 e. The van der Waals surface area contributed by atoms with Gasteiger partial charge in [-0.15, -0.1) is 0 Å². The van der Waals surface area contributed by atoms with Crippen molar-refractivity contribution >= 4 is 16.9 Å². The number of furan rings is 1. The van der Waals surface area contributed by atoms with Crippen LogP contribution in [0.25, 0.3) is 11.0 Å². The number of nitrogens with zero attached hydrogens (tertiary/aromatic N) is 1. The minimum absolute atomic E-state index is 0.162. The summed E-state index contributed by atoms with van der Waals surface area (Å²) in [5.41, 5.74) is 1.69. The molecule has 0 spiro atoms. The zero-order chi connectivity index (χ0) is 16.4. The van der Waals surface area contributed by atoms with Crippen LogP contribution < -0.4 is 0 Å². The fourth-order valence-electron chi connectivity index (χ4n) is 2.96. The number of ether oxygens (including phenoxy) is 2. The van der Waals surface area contributed by atoms with E-state index in [4.69, 9.17) is 13.9 Å². The van der Waals surface area contributed by atoms with E-state index < -0.39 is 5.97 Å². The molecule has 1 N–H and O–H groups in total. The molecule has 1 saturated heterocycles. The predicted molar refractivity (Wildman–Crippen MR) is 84.7 cm³/mol. The number of benzene rings is 1. The van der Waals surface area contributed by atoms with Crippen LogP contribution in [0.2, 0.25) is 0 Å². The molecule has 3 rings (SSSR count). The number of esters is 1. The van der Waals surface area contributed by atoms with E-state index in [2.05, 4.69) is 4.90 Å². The lowest BCUT2D eigenvalue weighted by Gasteiger charge is -2.27. The first kappa shape index (κ1) is 15.8. The molecule has 0 radical (unpaired) electrons. The zero-order valence-corrected chi connectivity index (χ0v) is 13.4. The van der Waals surface area contributed by atoms with Crippen LogP contribution in [0.15, 0.2) is 16.5 Å². The second-order valence-electron chi connectivity index (χ2n) is 5.58. The Kier molecular flexibility index (Phi) is 4.54. The van der Waals surface area contributed by atoms with Crippen molar-refractivity contribution in [2.24, 2.45) is 0 Å². The van der Waals surface area contributed by atoms with Gasteiger partial charge in [-0.2, -0.15) is 0 Å². The lowest BCUT2D eigenvalue weighted by Crippen LogP contribution is -2.35. The van der Waals surface area contributed by atoms with Gasteiger partial charge in [-0.1, -0.05) is 0 Å². The highest BCUT2D eigenvalue weighted by molar-refractivity contribution is 6.06. The number of aromatic hydroxyl groups is 1. The van der Waals surface area contributed by atoms with Crippen molar-refractivity contribution in [2.45, 2.75) is 20.4 Å². The summed E-state index contributed by atoms with van der Waals surface area (Å²) in [7, 11) is 0. The number of aryl methyl sites for hydroxylation is 1. The number of fused-ring (bicyclic) bond motifs is 1. The molecular formula is C17H21NO5. The fourth-order valence-corrected chi connectivity index (χ4v) is 2.96. The van der Waals surface area contributed by atoms with Gasteiger partial charge in [-0.05, 0) is 26.0 Å². The maximum Gasteiger partial charge on any atom is 0.342 e. The number of carbonyl (C=O) groups is 1. The molecule has 0 unspecified atom stereocenters. The van der Waals surface area contributed by atoms with Crippen molar-refractivity contribution in [3.8, 4) is 5.75 Å². The van der Waals surface area contributed by atoms with Crippen LogP contribution in [-0.4, -0.2) is 48.9 Å². The van der Waals surface area contributed by atoms with E-state index in [1.165, 1.54) is 0 Å². The third kappa shape index (κ3) is 3.04. The molecule has 0 saturated carbocycles. The monoisotopic (exact) mass is 319 g/mol. The summed E-state index contributed by atoms with van der Waals surface area (Å²) in [6.45, 7) is 7.27. The summed E-state index contributed by atoms with van der Waals surface area (Å²) in [5, 5.41) is 11.0. The lowest BCUT2D eigenvalue weighted by atomic mass is 10.0. The normalized spacial score (nSPS) is 15.9. The van der Waals surface area contributed by atoms with E-state index in [0.29, 0.717) is 54.2 Å². The average molecular weight is 319 g/mol. The van der Waals surface area contributed by atoms with E-state index in [1.54, 1.807) is 26.0 Å². The van der Waals surface area contributed by atoms with Crippen LogP contribution in [0.5, 0.6) is 5.75 Å². The van der Waals surface area contributed by atoms with Crippen LogP contribution in [0.4, 0.5) is 0 Å². The smallest absolute Gasteiger partial charge is 0.342 e. The summed E-state index contributed by atoms with van der Waals surface area (Å²) in [6, 6.07) is 3.29. The average Bonchev–Trinajstić information content (AvgIpc) is 2.88. The summed E-state index contributed by atoms with van der Waals surface area (Å²) >= 11 is 0. The largest absolute Gasteiger partial charge is 0.508 e. The number of phenols is 1. The van der Waals surface area contributed by atoms with E-state index in [9.17, 15) is 9.90 Å². The number of hydrogen-bond donors (Lipinski definition) is 1. The minimum atomic E-state index is -0.419. The highest BCUT2D eigenvalue weighted by Crippen LogP contribution is 2.35. The summed E-state index contributed by atoms with van der Waals surface area (Å²) in [4.78, 5) is 14.5. The van der Waals surface area contributed by atoms with Crippen molar-refractivity contribution in [3.63, 3.8) is 0 Å². The molecular weight excluding hydrogens is 298 g/mol. The molecule has 0 bridgehead atoms. The first-order chi connectivity index (χ1) is 11.1. The molecule has 6 heteroatoms. The Balaban J connectivity index is 2.07. The predicted octanol–water partition coefficient (Wildman–Crippen LogP) is 2.46. The fraction of sp³-hybridized carbons (Fsp3) is 0.471. The Labute approximate surface area is 134 Å². The van der Waals surface area contributed by atoms with Gasteiger partial charge in [0, 0.05) is 30.6 Å². The number of phenolic OH excluding ortho intramolecular Hbond substituents is 1. The number of rotatable bonds is 4. The second kappa shape index (κ2) is 6.60. The number of hydrogen-bond acceptors (Lipinski definition) is 6. The van der Waals surface area contributed by atoms with E-state index in [-0.39, 0.29) is 5.75 Å². The van der Waals surface area contributed by atoms with E-state index >= 15 is 0 Å². The highest BCUT2D eigenvalue weighted by atomic mass is 16.5. The molecule has 6 nitrogen and oxygen atoms in total. The maximum absolute atomic E-state index is 12.3. The topological polar surface area (TPSA) is 72.1 Å². The van der Waals surface area contributed by atoms with Crippen LogP contribution in [0.1, 0.15) is 28.6 Å². The van der Waals surface area contributed by atoms with Crippen molar-refractivity contribution < 1.29 is 23.8 Å². The van der Waals surface area contributed by atoms with Gasteiger partial charge < -0.3 is 19.0 Å². The molecule has 0 amide bonds. The third-order valence-corrected chi connectivity index (χ3v) is 4.08. The van der Waals surface area contributed by atoms with Gasteiger partial charge in [0.25, 0.3) is 0 Å². The molecule has 1 aromatic carbocycles. The van der Waals surface area contributed by atoms with Crippen molar-refractivity contribution in [2.75, 3.05) is 32.9 Å². The SMILES string of the molecule is CCOC(=O)c1c(C)oc2ccc(O)c(CN3CCOCC3)c12. The van der Waals surface area contributed by atoms with Gasteiger partial charge in [0.05, 0.1) is 19.8 Å². The molecule has 1 fully saturated rings. The molecule has 2 heterocycles. The Morgan fingerprint density at radius 1 is 1.35 bits per heavy atom. The van der Waals surface area contributed by atoms with E-state index in [0.717, 1.165) is 13.1 Å². The molecule has 23 heavy (non-hydrogen) atoms. The van der Waals surface area contributed by atoms with Crippen LogP contribution in [0, 0.1) is 6.92 Å². The van der Waals surface area contributed by atoms with E-state index in [1.807, 2.05) is 0 Å². The second-order valence-corrected chi connectivity index (χ2v) is 5.58. The molecule has 0 aliphatic carbocycles. The van der Waals surface area contributed by atoms with Crippen LogP contribution >= 0.6 is 0 Å². The first-order valence-electron chi connectivity index (χ1n) is 7.83. The van der Waals surface area contributed by atoms with Gasteiger partial charge in [0.15, 0.2) is 0 Å². The van der Waals surface area contributed by atoms with Crippen LogP contribution in [-0.2, 0) is 16.0 Å². The zero-order valence-electron chi connectivity index (χ0n) is 13.4. The molecule has 2 aromatic rings. The standard InChI is InChI=1S/C17H21NO5/c1-3-22-17(20)15-11(2)23-14-5-4-13(19)12(16(14)15)10-18-6-8-21-9-7-18/h4-5,19H,3,6-10H2,1-2H3. The van der Waals surface area contributed by atoms with Crippen molar-refractivity contribution in [3.05, 3.63) is 29.0 Å². The van der Waals surface area contributed by atoms with Crippen LogP contribution in [0.3, 0.4) is 0 Å². The molecule has 0 atom stereocenters. The van der Waals surface area contributed by atoms with Crippen molar-refractivity contribution in [1.82, 2.24) is 4.90 Å². The third-order valence-electron chi connectivity index (χ3n) is 4.08. The van der Waals surface area contributed by atoms with Gasteiger partial charge in [-0.3, -0.25) is 4.90 Å². The number of carbonyl (C=O) groups excluding carboxylic acids is 1. The Hall–Kier alpha value is -2.05. The first-order valence-corrected chi connectivity index (χ1v) is 7.83. The molecule has 1 aliphatic rings. The van der Waals surface area contributed by atoms with Gasteiger partial charge in [-0.25, -0.2) is 4.79 Å². The van der Waals surface area contributed by atoms with Gasteiger partial charge in [0.2, 0.25) is 0 Å². The maximum atomic E-state index is 12.3. The number of morpholine rings is 1. The lowest BCUT2D eigenvalue weighted by molar-refractivity contribution is 0.0340. The Morgan fingerprint density at radius 3 is 2.78 bits per heavy atom. The molecule has 1 aliphatic heterocycles. The Bertz CT molecular complexity index is 715.